The molecule has 4 aromatic carbocycles. The largest absolute Gasteiger partial charge is 0.489 e. The van der Waals surface area contributed by atoms with Crippen molar-refractivity contribution in [2.45, 2.75) is 58.2 Å². The number of anilines is 2. The van der Waals surface area contributed by atoms with E-state index in [1.807, 2.05) is 62.4 Å². The van der Waals surface area contributed by atoms with Gasteiger partial charge in [-0.15, -0.1) is 23.2 Å². The molecule has 15 nitrogen and oxygen atoms in total. The van der Waals surface area contributed by atoms with Gasteiger partial charge in [0.2, 0.25) is 26.0 Å². The topological polar surface area (TPSA) is 216 Å². The molecule has 0 saturated heterocycles. The van der Waals surface area contributed by atoms with Crippen molar-refractivity contribution >= 4 is 78.2 Å². The molecule has 2 atom stereocenters. The van der Waals surface area contributed by atoms with E-state index < -0.39 is 30.9 Å². The average molecular weight is 1080 g/mol. The predicted octanol–water partition coefficient (Wildman–Crippen LogP) is 10.4. The third kappa shape index (κ3) is 13.5. The number of nitrogens with zero attached hydrogens (tertiary/aromatic N) is 5. The Balaban J connectivity index is 1.45. The molecule has 0 amide bonds. The lowest BCUT2D eigenvalue weighted by atomic mass is 9.61. The highest BCUT2D eigenvalue weighted by atomic mass is 35.5. The summed E-state index contributed by atoms with van der Waals surface area (Å²) >= 11 is 25.9. The molecule has 21 heteroatoms. The molecule has 2 aromatic heterocycles. The van der Waals surface area contributed by atoms with E-state index in [9.17, 15) is 27.4 Å². The molecule has 0 spiro atoms. The zero-order valence-electron chi connectivity index (χ0n) is 39.4. The Morgan fingerprint density at radius 1 is 0.634 bits per heavy atom. The molecule has 0 bridgehead atoms. The monoisotopic (exact) mass is 1080 g/mol. The van der Waals surface area contributed by atoms with Crippen molar-refractivity contribution in [1.82, 2.24) is 15.0 Å². The van der Waals surface area contributed by atoms with Gasteiger partial charge in [-0.05, 0) is 108 Å². The quantitative estimate of drug-likeness (QED) is 0.0606. The first kappa shape index (κ1) is 54.3. The summed E-state index contributed by atoms with van der Waals surface area (Å²) in [5.41, 5.74) is 3.85. The van der Waals surface area contributed by atoms with Crippen molar-refractivity contribution < 1.29 is 35.8 Å². The minimum atomic E-state index is -3.57. The number of benzene rings is 4. The van der Waals surface area contributed by atoms with Gasteiger partial charge in [0.25, 0.3) is 0 Å². The maximum absolute atomic E-state index is 12.0. The second-order valence-electron chi connectivity index (χ2n) is 16.9. The summed E-state index contributed by atoms with van der Waals surface area (Å²) in [5, 5.41) is 21.4. The molecule has 2 N–H and O–H groups in total. The molecule has 0 aliphatic heterocycles. The van der Waals surface area contributed by atoms with Crippen LogP contribution in [-0.4, -0.2) is 69.3 Å². The number of pyridine rings is 1. The molecule has 0 aliphatic rings. The van der Waals surface area contributed by atoms with E-state index in [1.54, 1.807) is 44.2 Å². The van der Waals surface area contributed by atoms with Crippen LogP contribution in [-0.2, 0) is 44.1 Å². The zero-order valence-corrected chi connectivity index (χ0v) is 44.1. The molecule has 6 rings (SSSR count). The van der Waals surface area contributed by atoms with Crippen molar-refractivity contribution in [1.29, 1.82) is 10.5 Å². The van der Waals surface area contributed by atoms with E-state index in [0.717, 1.165) is 29.2 Å². The van der Waals surface area contributed by atoms with Gasteiger partial charge in [0.15, 0.2) is 11.5 Å². The van der Waals surface area contributed by atoms with Crippen molar-refractivity contribution in [3.8, 4) is 35.1 Å². The van der Waals surface area contributed by atoms with Crippen LogP contribution in [0.3, 0.4) is 0 Å². The van der Waals surface area contributed by atoms with Crippen LogP contribution < -0.4 is 28.4 Å². The van der Waals surface area contributed by atoms with Gasteiger partial charge in [-0.25, -0.2) is 31.8 Å². The second kappa shape index (κ2) is 23.0. The van der Waals surface area contributed by atoms with E-state index in [4.69, 9.17) is 65.4 Å². The molecule has 2 heterocycles. The fraction of sp³-hybridized carbons (Fsp3) is 0.300. The highest BCUT2D eigenvalue weighted by Crippen LogP contribution is 2.50. The standard InChI is InChI=1S/C50H49Cl4N7O8S2/c1-31-33(15-18-57-47(31)60-70(5,62)63)28-68-41-11-7-37(8-12-41)49(3,39-21-34(25-55)45(43(53)23-39)66-19-16-51)30-50(4,40-22-35(26-56)46(44(54)24-40)67-20-17-52)38-9-13-42(14-10-38)69-29-36-27-58-48(59-32(36)2)61-71(6,64)65/h7-15,18,21-24,27H,16-17,19-20,28-30H2,1-6H3,(H,57,60)(H,58,59,61). The zero-order chi connectivity index (χ0) is 51.7. The Morgan fingerprint density at radius 3 is 1.52 bits per heavy atom. The van der Waals surface area contributed by atoms with Crippen molar-refractivity contribution in [2.75, 3.05) is 46.9 Å². The third-order valence-electron chi connectivity index (χ3n) is 11.7. The number of hydrogen-bond donors (Lipinski definition) is 2. The molecule has 0 saturated carbocycles. The Morgan fingerprint density at radius 2 is 1.10 bits per heavy atom. The van der Waals surface area contributed by atoms with Gasteiger partial charge >= 0.3 is 0 Å². The fourth-order valence-electron chi connectivity index (χ4n) is 8.03. The van der Waals surface area contributed by atoms with E-state index in [0.29, 0.717) is 39.4 Å². The summed E-state index contributed by atoms with van der Waals surface area (Å²) in [4.78, 5) is 12.6. The minimum Gasteiger partial charge on any atom is -0.489 e. The van der Waals surface area contributed by atoms with Crippen LogP contribution in [0.2, 0.25) is 10.0 Å². The summed E-state index contributed by atoms with van der Waals surface area (Å²) in [6.45, 7) is 7.99. The summed E-state index contributed by atoms with van der Waals surface area (Å²) < 4.78 is 76.3. The summed E-state index contributed by atoms with van der Waals surface area (Å²) in [6.07, 6.45) is 5.35. The number of aryl methyl sites for hydroxylation is 1. The first-order chi connectivity index (χ1) is 33.6. The highest BCUT2D eigenvalue weighted by Gasteiger charge is 2.42. The van der Waals surface area contributed by atoms with Crippen LogP contribution in [0, 0.1) is 36.5 Å². The van der Waals surface area contributed by atoms with Crippen LogP contribution >= 0.6 is 46.4 Å². The van der Waals surface area contributed by atoms with Gasteiger partial charge in [0.1, 0.15) is 55.9 Å². The van der Waals surface area contributed by atoms with E-state index in [-0.39, 0.29) is 89.0 Å². The van der Waals surface area contributed by atoms with Crippen LogP contribution in [0.15, 0.2) is 91.3 Å². The number of rotatable bonds is 22. The number of nitrogens with one attached hydrogen (secondary N) is 2. The summed E-state index contributed by atoms with van der Waals surface area (Å²) in [6, 6.07) is 28.2. The van der Waals surface area contributed by atoms with Crippen LogP contribution in [0.25, 0.3) is 0 Å². The number of hydrogen-bond acceptors (Lipinski definition) is 13. The average Bonchev–Trinajstić information content (AvgIpc) is 3.32. The first-order valence-corrected chi connectivity index (χ1v) is 27.3. The Labute approximate surface area is 434 Å². The second-order valence-corrected chi connectivity index (χ2v) is 22.0. The third-order valence-corrected chi connectivity index (χ3v) is 13.7. The number of nitriles is 2. The maximum Gasteiger partial charge on any atom is 0.236 e. The van der Waals surface area contributed by atoms with Gasteiger partial charge in [0.05, 0.1) is 45.4 Å². The maximum atomic E-state index is 12.0. The van der Waals surface area contributed by atoms with E-state index >= 15 is 0 Å². The van der Waals surface area contributed by atoms with Crippen LogP contribution in [0.5, 0.6) is 23.0 Å². The van der Waals surface area contributed by atoms with Gasteiger partial charge in [-0.3, -0.25) is 9.44 Å². The van der Waals surface area contributed by atoms with Crippen molar-refractivity contribution in [3.05, 3.63) is 157 Å². The fourth-order valence-corrected chi connectivity index (χ4v) is 9.72. The molecule has 372 valence electrons. The molecule has 0 aliphatic carbocycles. The molecular formula is C50H49Cl4N7O8S2. The van der Waals surface area contributed by atoms with Crippen molar-refractivity contribution in [3.63, 3.8) is 0 Å². The lowest BCUT2D eigenvalue weighted by Gasteiger charge is -2.42. The normalized spacial score (nSPS) is 13.2. The minimum absolute atomic E-state index is 0.0498. The van der Waals surface area contributed by atoms with Crippen molar-refractivity contribution in [2.24, 2.45) is 0 Å². The van der Waals surface area contributed by atoms with E-state index in [2.05, 4.69) is 36.5 Å². The molecule has 2 unspecified atom stereocenters. The Bertz CT molecular complexity index is 3230. The number of aromatic nitrogens is 3. The first-order valence-electron chi connectivity index (χ1n) is 21.7. The lowest BCUT2D eigenvalue weighted by Crippen LogP contribution is -2.36. The van der Waals surface area contributed by atoms with Gasteiger partial charge in [0, 0.05) is 34.5 Å². The van der Waals surface area contributed by atoms with Crippen LogP contribution in [0.4, 0.5) is 11.8 Å². The number of alkyl halides is 2. The van der Waals surface area contributed by atoms with Gasteiger partial charge in [-0.2, -0.15) is 10.5 Å². The summed E-state index contributed by atoms with van der Waals surface area (Å²) in [7, 11) is -7.14. The molecule has 0 fully saturated rings. The smallest absolute Gasteiger partial charge is 0.236 e. The number of halogens is 4. The highest BCUT2D eigenvalue weighted by molar-refractivity contribution is 7.92. The Hall–Kier alpha value is -6.05. The number of sulfonamides is 2. The molecular weight excluding hydrogens is 1030 g/mol. The number of ether oxygens (including phenoxy) is 4. The predicted molar refractivity (Wildman–Crippen MR) is 277 cm³/mol. The SMILES string of the molecule is Cc1nc(NS(C)(=O)=O)ncc1COc1ccc(C(C)(CC(C)(c2ccc(OCc3ccnc(NS(C)(=O)=O)c3C)cc2)c2cc(Cl)c(OCCCl)c(C#N)c2)c2cc(Cl)c(OCCCl)c(C#N)c2)cc1. The molecule has 6 aromatic rings. The van der Waals surface area contributed by atoms with Gasteiger partial charge in [-0.1, -0.05) is 61.3 Å². The lowest BCUT2D eigenvalue weighted by molar-refractivity contribution is 0.304. The van der Waals surface area contributed by atoms with Crippen LogP contribution in [0.1, 0.15) is 76.0 Å². The molecule has 71 heavy (non-hydrogen) atoms. The summed E-state index contributed by atoms with van der Waals surface area (Å²) in [5.74, 6) is 1.93. The Kier molecular flexibility index (Phi) is 17.6. The molecule has 0 radical (unpaired) electrons. The van der Waals surface area contributed by atoms with E-state index in [1.165, 1.54) is 12.4 Å². The van der Waals surface area contributed by atoms with Gasteiger partial charge < -0.3 is 18.9 Å².